The molecule has 0 aliphatic rings. The van der Waals surface area contributed by atoms with Crippen LogP contribution in [-0.2, 0) is 15.1 Å². The van der Waals surface area contributed by atoms with Gasteiger partial charge in [0.15, 0.2) is 5.60 Å². The summed E-state index contributed by atoms with van der Waals surface area (Å²) in [6, 6.07) is 16.4. The molecule has 0 unspecified atom stereocenters. The average Bonchev–Trinajstić information content (AvgIpc) is 2.69. The van der Waals surface area contributed by atoms with Crippen molar-refractivity contribution in [3.05, 3.63) is 78.8 Å². The zero-order valence-electron chi connectivity index (χ0n) is 14.5. The Morgan fingerprint density at radius 1 is 1.08 bits per heavy atom. The minimum absolute atomic E-state index is 0.275. The average molecular weight is 349 g/mol. The lowest BCUT2D eigenvalue weighted by molar-refractivity contribution is -0.136. The molecule has 0 saturated carbocycles. The van der Waals surface area contributed by atoms with Crippen LogP contribution in [0.5, 0.6) is 11.6 Å². The maximum absolute atomic E-state index is 12.8. The molecular weight excluding hydrogens is 330 g/mol. The largest absolute Gasteiger partial charge is 0.437 e. The van der Waals surface area contributed by atoms with E-state index in [1.807, 2.05) is 30.3 Å². The summed E-state index contributed by atoms with van der Waals surface area (Å²) in [4.78, 5) is 20.9. The van der Waals surface area contributed by atoms with Crippen molar-refractivity contribution in [1.82, 2.24) is 9.97 Å². The first-order valence-corrected chi connectivity index (χ1v) is 8.08. The summed E-state index contributed by atoms with van der Waals surface area (Å²) in [7, 11) is 1.51. The quantitative estimate of drug-likeness (QED) is 0.733. The van der Waals surface area contributed by atoms with Gasteiger partial charge in [0.25, 0.3) is 5.91 Å². The molecule has 0 bridgehead atoms. The fourth-order valence-corrected chi connectivity index (χ4v) is 2.44. The molecule has 132 valence electrons. The van der Waals surface area contributed by atoms with Crippen molar-refractivity contribution in [3.8, 4) is 11.6 Å². The van der Waals surface area contributed by atoms with E-state index in [0.29, 0.717) is 17.3 Å². The number of aromatic nitrogens is 2. The van der Waals surface area contributed by atoms with Crippen molar-refractivity contribution in [3.63, 3.8) is 0 Å². The van der Waals surface area contributed by atoms with Gasteiger partial charge in [0.1, 0.15) is 5.75 Å². The topological polar surface area (TPSA) is 73.3 Å². The third-order valence-corrected chi connectivity index (χ3v) is 4.02. The van der Waals surface area contributed by atoms with Gasteiger partial charge in [0.2, 0.25) is 5.88 Å². The molecule has 26 heavy (non-hydrogen) atoms. The van der Waals surface area contributed by atoms with Gasteiger partial charge in [-0.25, -0.2) is 4.98 Å². The van der Waals surface area contributed by atoms with E-state index >= 15 is 0 Å². The number of carbonyl (C=O) groups excluding carboxylic acids is 1. The maximum Gasteiger partial charge on any atom is 0.260 e. The van der Waals surface area contributed by atoms with E-state index in [4.69, 9.17) is 9.47 Å². The van der Waals surface area contributed by atoms with Gasteiger partial charge < -0.3 is 14.8 Å². The summed E-state index contributed by atoms with van der Waals surface area (Å²) < 4.78 is 11.2. The number of nitrogens with zero attached hydrogens (tertiary/aromatic N) is 2. The second-order valence-corrected chi connectivity index (χ2v) is 5.73. The summed E-state index contributed by atoms with van der Waals surface area (Å²) >= 11 is 0. The molecule has 0 radical (unpaired) electrons. The van der Waals surface area contributed by atoms with Crippen molar-refractivity contribution in [2.75, 3.05) is 12.4 Å². The Balaban J connectivity index is 1.78. The number of nitrogens with one attached hydrogen (secondary N) is 1. The SMILES string of the molecule is CO[C@@](C)(C(=O)Nc1cccc(Oc2cnccn2)c1)c1ccccc1. The number of carbonyl (C=O) groups is 1. The van der Waals surface area contributed by atoms with E-state index in [2.05, 4.69) is 15.3 Å². The maximum atomic E-state index is 12.8. The highest BCUT2D eigenvalue weighted by molar-refractivity contribution is 5.97. The fraction of sp³-hybridized carbons (Fsp3) is 0.150. The van der Waals surface area contributed by atoms with Crippen LogP contribution >= 0.6 is 0 Å². The van der Waals surface area contributed by atoms with Crippen LogP contribution in [0.3, 0.4) is 0 Å². The highest BCUT2D eigenvalue weighted by Crippen LogP contribution is 2.28. The van der Waals surface area contributed by atoms with Gasteiger partial charge >= 0.3 is 0 Å². The summed E-state index contributed by atoms with van der Waals surface area (Å²) in [5.41, 5.74) is 0.255. The van der Waals surface area contributed by atoms with E-state index in [1.165, 1.54) is 13.3 Å². The molecule has 1 aromatic heterocycles. The number of hydrogen-bond acceptors (Lipinski definition) is 5. The highest BCUT2D eigenvalue weighted by atomic mass is 16.5. The molecule has 1 N–H and O–H groups in total. The molecule has 6 nitrogen and oxygen atoms in total. The van der Waals surface area contributed by atoms with Crippen LogP contribution in [-0.4, -0.2) is 23.0 Å². The summed E-state index contributed by atoms with van der Waals surface area (Å²) in [5.74, 6) is 0.645. The monoisotopic (exact) mass is 349 g/mol. The van der Waals surface area contributed by atoms with Gasteiger partial charge in [-0.2, -0.15) is 0 Å². The van der Waals surface area contributed by atoms with Crippen LogP contribution < -0.4 is 10.1 Å². The number of anilines is 1. The Hall–Kier alpha value is -3.25. The normalized spacial score (nSPS) is 12.8. The second-order valence-electron chi connectivity index (χ2n) is 5.73. The van der Waals surface area contributed by atoms with Gasteiger partial charge in [0.05, 0.1) is 6.20 Å². The molecule has 3 aromatic rings. The first-order valence-electron chi connectivity index (χ1n) is 8.08. The predicted molar refractivity (Wildman–Crippen MR) is 98.0 cm³/mol. The molecule has 0 spiro atoms. The van der Waals surface area contributed by atoms with Crippen molar-refractivity contribution in [1.29, 1.82) is 0 Å². The van der Waals surface area contributed by atoms with Gasteiger partial charge in [-0.15, -0.1) is 0 Å². The standard InChI is InChI=1S/C20H19N3O3/c1-20(25-2,15-7-4-3-5-8-15)19(24)23-16-9-6-10-17(13-16)26-18-14-21-11-12-22-18/h3-14H,1-2H3,(H,23,24)/t20-/m1/s1. The van der Waals surface area contributed by atoms with Gasteiger partial charge in [-0.1, -0.05) is 36.4 Å². The first-order chi connectivity index (χ1) is 12.6. The Morgan fingerprint density at radius 2 is 1.88 bits per heavy atom. The Labute approximate surface area is 151 Å². The third-order valence-electron chi connectivity index (χ3n) is 4.02. The van der Waals surface area contributed by atoms with Gasteiger partial charge in [0, 0.05) is 31.3 Å². The Bertz CT molecular complexity index is 872. The molecule has 0 fully saturated rings. The van der Waals surface area contributed by atoms with Crippen LogP contribution in [0.2, 0.25) is 0 Å². The van der Waals surface area contributed by atoms with E-state index < -0.39 is 5.60 Å². The highest BCUT2D eigenvalue weighted by Gasteiger charge is 2.35. The molecule has 0 aliphatic heterocycles. The fourth-order valence-electron chi connectivity index (χ4n) is 2.44. The van der Waals surface area contributed by atoms with E-state index in [9.17, 15) is 4.79 Å². The van der Waals surface area contributed by atoms with Crippen molar-refractivity contribution >= 4 is 11.6 Å². The third kappa shape index (κ3) is 3.87. The summed E-state index contributed by atoms with van der Waals surface area (Å²) in [5, 5.41) is 2.88. The number of amides is 1. The molecule has 1 atom stereocenters. The number of ether oxygens (including phenoxy) is 2. The number of methoxy groups -OCH3 is 1. The molecule has 0 aliphatic carbocycles. The Kier molecular flexibility index (Phi) is 5.24. The van der Waals surface area contributed by atoms with Crippen molar-refractivity contribution < 1.29 is 14.3 Å². The first kappa shape index (κ1) is 17.6. The molecule has 0 saturated heterocycles. The zero-order valence-corrected chi connectivity index (χ0v) is 14.5. The summed E-state index contributed by atoms with van der Waals surface area (Å²) in [6.07, 6.45) is 4.63. The molecule has 1 heterocycles. The van der Waals surface area contributed by atoms with Crippen LogP contribution in [0.4, 0.5) is 5.69 Å². The zero-order chi connectivity index (χ0) is 18.4. The van der Waals surface area contributed by atoms with Crippen LogP contribution in [0.1, 0.15) is 12.5 Å². The van der Waals surface area contributed by atoms with E-state index in [1.54, 1.807) is 43.6 Å². The molecule has 6 heteroatoms. The van der Waals surface area contributed by atoms with Crippen LogP contribution in [0, 0.1) is 0 Å². The molecular formula is C20H19N3O3. The molecule has 2 aromatic carbocycles. The number of benzene rings is 2. The molecule has 1 amide bonds. The number of hydrogen-bond donors (Lipinski definition) is 1. The van der Waals surface area contributed by atoms with Crippen molar-refractivity contribution in [2.45, 2.75) is 12.5 Å². The van der Waals surface area contributed by atoms with Crippen LogP contribution in [0.15, 0.2) is 73.2 Å². The lowest BCUT2D eigenvalue weighted by atomic mass is 9.94. The minimum atomic E-state index is -1.11. The summed E-state index contributed by atoms with van der Waals surface area (Å²) in [6.45, 7) is 1.73. The lowest BCUT2D eigenvalue weighted by Gasteiger charge is -2.27. The predicted octanol–water partition coefficient (Wildman–Crippen LogP) is 3.77. The molecule has 3 rings (SSSR count). The van der Waals surface area contributed by atoms with Crippen LogP contribution in [0.25, 0.3) is 0 Å². The smallest absolute Gasteiger partial charge is 0.260 e. The Morgan fingerprint density at radius 3 is 2.58 bits per heavy atom. The van der Waals surface area contributed by atoms with E-state index in [0.717, 1.165) is 5.56 Å². The van der Waals surface area contributed by atoms with Gasteiger partial charge in [-0.3, -0.25) is 9.78 Å². The second kappa shape index (κ2) is 7.76. The minimum Gasteiger partial charge on any atom is -0.437 e. The van der Waals surface area contributed by atoms with Crippen molar-refractivity contribution in [2.24, 2.45) is 0 Å². The van der Waals surface area contributed by atoms with Gasteiger partial charge in [-0.05, 0) is 24.6 Å². The number of rotatable bonds is 6. The lowest BCUT2D eigenvalue weighted by Crippen LogP contribution is -2.39. The van der Waals surface area contributed by atoms with E-state index in [-0.39, 0.29) is 5.91 Å².